The van der Waals surface area contributed by atoms with Crippen LogP contribution in [-0.4, -0.2) is 27.5 Å². The molecule has 0 fully saturated rings. The Labute approximate surface area is 238 Å². The van der Waals surface area contributed by atoms with Crippen LogP contribution in [-0.2, 0) is 0 Å². The van der Waals surface area contributed by atoms with Crippen molar-refractivity contribution in [2.45, 2.75) is 91.0 Å². The maximum absolute atomic E-state index is 3.87. The van der Waals surface area contributed by atoms with Gasteiger partial charge in [-0.1, -0.05) is 0 Å². The summed E-state index contributed by atoms with van der Waals surface area (Å²) in [7, 11) is 0. The minimum atomic E-state index is -0.0755. The van der Waals surface area contributed by atoms with Gasteiger partial charge in [0.1, 0.15) is 0 Å². The van der Waals surface area contributed by atoms with E-state index in [1.807, 2.05) is 0 Å². The molecule has 0 saturated heterocycles. The third-order valence-corrected chi connectivity index (χ3v) is 12.0. The standard InChI is InChI=1S/C34H50IN2/c1-10-36-30(33(6,7)27-17-13-12-16-24(27)3)21-25-20-26(35-32(4,5)23-25)22-31-34(8,9)28-18-14-15-19-29(28)37(31)11-2/h12-13,15-17,19-22,24,27,30,36H,10-11,14,18,23H2,1-9H3/q-1. The van der Waals surface area contributed by atoms with Crippen molar-refractivity contribution in [3.63, 3.8) is 0 Å². The van der Waals surface area contributed by atoms with Gasteiger partial charge in [0.05, 0.1) is 0 Å². The average molecular weight is 614 g/mol. The number of rotatable bonds is 7. The zero-order valence-corrected chi connectivity index (χ0v) is 26.9. The van der Waals surface area contributed by atoms with E-state index >= 15 is 0 Å². The first-order valence-corrected chi connectivity index (χ1v) is 16.6. The molecule has 3 atom stereocenters. The van der Waals surface area contributed by atoms with Crippen LogP contribution in [0.1, 0.15) is 81.6 Å². The Balaban J connectivity index is 1.71. The van der Waals surface area contributed by atoms with Gasteiger partial charge in [0, 0.05) is 0 Å². The Kier molecular flexibility index (Phi) is 8.55. The molecule has 0 spiro atoms. The van der Waals surface area contributed by atoms with Crippen molar-refractivity contribution in [1.29, 1.82) is 0 Å². The number of likely N-dealkylation sites (N-methyl/N-ethyl adjacent to an activating group) is 2. The number of nitrogens with zero attached hydrogens (tertiary/aromatic N) is 1. The van der Waals surface area contributed by atoms with Crippen molar-refractivity contribution >= 4 is 0 Å². The fourth-order valence-electron chi connectivity index (χ4n) is 6.96. The predicted molar refractivity (Wildman–Crippen MR) is 157 cm³/mol. The quantitative estimate of drug-likeness (QED) is 0.310. The van der Waals surface area contributed by atoms with Crippen molar-refractivity contribution < 1.29 is 21.2 Å². The summed E-state index contributed by atoms with van der Waals surface area (Å²) in [5.41, 5.74) is 6.34. The zero-order valence-electron chi connectivity index (χ0n) is 24.8. The molecule has 2 aliphatic heterocycles. The van der Waals surface area contributed by atoms with Crippen LogP contribution in [0.3, 0.4) is 0 Å². The summed E-state index contributed by atoms with van der Waals surface area (Å²) in [6, 6.07) is 0.336. The van der Waals surface area contributed by atoms with E-state index in [1.54, 1.807) is 9.15 Å². The number of halogens is 1. The van der Waals surface area contributed by atoms with E-state index in [4.69, 9.17) is 0 Å². The van der Waals surface area contributed by atoms with E-state index in [1.165, 1.54) is 36.2 Å². The van der Waals surface area contributed by atoms with Crippen LogP contribution >= 0.6 is 0 Å². The summed E-state index contributed by atoms with van der Waals surface area (Å²) >= 11 is -0.0755. The van der Waals surface area contributed by atoms with E-state index in [9.17, 15) is 0 Å². The van der Waals surface area contributed by atoms with Crippen molar-refractivity contribution in [3.8, 4) is 0 Å². The molecule has 0 amide bonds. The molecule has 2 nitrogen and oxygen atoms in total. The van der Waals surface area contributed by atoms with E-state index in [-0.39, 0.29) is 32.0 Å². The molecule has 0 aromatic heterocycles. The van der Waals surface area contributed by atoms with E-state index in [2.05, 4.69) is 127 Å². The van der Waals surface area contributed by atoms with Crippen LogP contribution in [0.15, 0.2) is 80.8 Å². The van der Waals surface area contributed by atoms with E-state index < -0.39 is 0 Å². The maximum atomic E-state index is 3.87. The third kappa shape index (κ3) is 5.83. The summed E-state index contributed by atoms with van der Waals surface area (Å²) in [6.45, 7) is 23.7. The summed E-state index contributed by atoms with van der Waals surface area (Å²) in [4.78, 5) is 2.59. The molecule has 37 heavy (non-hydrogen) atoms. The van der Waals surface area contributed by atoms with Crippen molar-refractivity contribution in [2.24, 2.45) is 22.7 Å². The average Bonchev–Trinajstić information content (AvgIpc) is 3.04. The fourth-order valence-corrected chi connectivity index (χ4v) is 10.3. The molecular formula is C34H50IN2-. The molecule has 2 heterocycles. The van der Waals surface area contributed by atoms with Gasteiger partial charge in [-0.2, -0.15) is 0 Å². The molecule has 204 valence electrons. The molecule has 0 saturated carbocycles. The van der Waals surface area contributed by atoms with Crippen molar-refractivity contribution in [2.75, 3.05) is 13.1 Å². The Morgan fingerprint density at radius 1 is 1.16 bits per heavy atom. The van der Waals surface area contributed by atoms with Crippen LogP contribution in [0.25, 0.3) is 0 Å². The first-order valence-electron chi connectivity index (χ1n) is 14.5. The SMILES string of the molecule is CCNC(C=C1C=C(C=C2N(CC)C3=C(CCC=C3)C2(C)C)[I-]C(C)(C)C1)C(C)(C)C1C=CC=CC1C. The molecule has 3 unspecified atom stereocenters. The monoisotopic (exact) mass is 613 g/mol. The van der Waals surface area contributed by atoms with Gasteiger partial charge in [-0.25, -0.2) is 0 Å². The predicted octanol–water partition coefficient (Wildman–Crippen LogP) is 5.30. The second kappa shape index (κ2) is 11.0. The number of nitrogens with one attached hydrogen (secondary N) is 1. The second-order valence-corrected chi connectivity index (χ2v) is 17.7. The van der Waals surface area contributed by atoms with Crippen LogP contribution in [0, 0.1) is 22.7 Å². The molecular weight excluding hydrogens is 563 g/mol. The molecule has 0 aromatic rings. The van der Waals surface area contributed by atoms with Gasteiger partial charge in [-0.15, -0.1) is 0 Å². The Hall–Kier alpha value is -1.33. The second-order valence-electron chi connectivity index (χ2n) is 13.0. The van der Waals surface area contributed by atoms with Gasteiger partial charge in [0.15, 0.2) is 0 Å². The summed E-state index contributed by atoms with van der Waals surface area (Å²) in [5.74, 6) is 1.08. The van der Waals surface area contributed by atoms with Gasteiger partial charge in [0.2, 0.25) is 0 Å². The first-order chi connectivity index (χ1) is 17.4. The van der Waals surface area contributed by atoms with Gasteiger partial charge in [-0.05, 0) is 0 Å². The third-order valence-electron chi connectivity index (χ3n) is 8.90. The molecule has 4 aliphatic rings. The Morgan fingerprint density at radius 2 is 1.89 bits per heavy atom. The van der Waals surface area contributed by atoms with Crippen molar-refractivity contribution in [1.82, 2.24) is 10.2 Å². The topological polar surface area (TPSA) is 15.3 Å². The minimum absolute atomic E-state index is 0.0755. The van der Waals surface area contributed by atoms with Crippen LogP contribution in [0.2, 0.25) is 0 Å². The van der Waals surface area contributed by atoms with Crippen LogP contribution in [0.4, 0.5) is 0 Å². The van der Waals surface area contributed by atoms with Crippen LogP contribution in [0.5, 0.6) is 0 Å². The summed E-state index contributed by atoms with van der Waals surface area (Å²) in [6.07, 6.45) is 25.3. The van der Waals surface area contributed by atoms with E-state index in [0.29, 0.717) is 21.3 Å². The number of alkyl halides is 1. The number of hydrogen-bond acceptors (Lipinski definition) is 2. The molecule has 0 bridgehead atoms. The molecule has 4 rings (SSSR count). The summed E-state index contributed by atoms with van der Waals surface area (Å²) < 4.78 is 1.95. The fraction of sp³-hybridized carbons (Fsp3) is 0.588. The van der Waals surface area contributed by atoms with Crippen molar-refractivity contribution in [3.05, 3.63) is 80.8 Å². The Morgan fingerprint density at radius 3 is 2.57 bits per heavy atom. The van der Waals surface area contributed by atoms with Gasteiger partial charge in [0.25, 0.3) is 0 Å². The normalized spacial score (nSPS) is 30.0. The molecule has 3 heteroatoms. The molecule has 0 radical (unpaired) electrons. The van der Waals surface area contributed by atoms with Gasteiger partial charge < -0.3 is 0 Å². The van der Waals surface area contributed by atoms with E-state index in [0.717, 1.165) is 13.1 Å². The summed E-state index contributed by atoms with van der Waals surface area (Å²) in [5, 5.41) is 3.87. The number of allylic oxidation sites excluding steroid dienone is 11. The van der Waals surface area contributed by atoms with Crippen LogP contribution < -0.4 is 26.5 Å². The van der Waals surface area contributed by atoms with Gasteiger partial charge in [-0.3, -0.25) is 0 Å². The molecule has 0 aromatic carbocycles. The number of hydrogen-bond donors (Lipinski definition) is 1. The van der Waals surface area contributed by atoms with Gasteiger partial charge >= 0.3 is 239 Å². The first kappa shape index (κ1) is 28.7. The molecule has 2 aliphatic carbocycles. The molecule has 1 N–H and O–H groups in total. The zero-order chi connectivity index (χ0) is 27.0. The Bertz CT molecular complexity index is 1090.